The summed E-state index contributed by atoms with van der Waals surface area (Å²) < 4.78 is 27.9. The van der Waals surface area contributed by atoms with Gasteiger partial charge in [-0.3, -0.25) is 19.3 Å². The Balaban J connectivity index is 1.48. The van der Waals surface area contributed by atoms with E-state index in [1.807, 2.05) is 0 Å². The summed E-state index contributed by atoms with van der Waals surface area (Å²) in [5.41, 5.74) is 1.32. The van der Waals surface area contributed by atoms with Gasteiger partial charge in [0.25, 0.3) is 17.7 Å². The molecule has 4 rings (SSSR count). The number of nitrogens with zero attached hydrogens (tertiary/aromatic N) is 1. The minimum atomic E-state index is -3.88. The number of imide groups is 1. The fourth-order valence-corrected chi connectivity index (χ4v) is 4.28. The van der Waals surface area contributed by atoms with Gasteiger partial charge in [0.1, 0.15) is 6.04 Å². The third-order valence-corrected chi connectivity index (χ3v) is 6.42. The first-order valence-corrected chi connectivity index (χ1v) is 12.3. The fourth-order valence-electron chi connectivity index (χ4n) is 3.77. The van der Waals surface area contributed by atoms with Crippen molar-refractivity contribution in [1.29, 1.82) is 0 Å². The van der Waals surface area contributed by atoms with Crippen molar-refractivity contribution < 1.29 is 32.3 Å². The lowest BCUT2D eigenvalue weighted by Crippen LogP contribution is -2.47. The highest BCUT2D eigenvalue weighted by atomic mass is 32.2. The van der Waals surface area contributed by atoms with E-state index in [-0.39, 0.29) is 28.1 Å². The van der Waals surface area contributed by atoms with Crippen LogP contribution in [0.25, 0.3) is 0 Å². The molecule has 3 N–H and O–H groups in total. The topological polar surface area (TPSA) is 153 Å². The number of nitrogens with two attached hydrogens (primary N) is 1. The highest BCUT2D eigenvalue weighted by Crippen LogP contribution is 2.26. The van der Waals surface area contributed by atoms with Gasteiger partial charge in [-0.05, 0) is 42.0 Å². The molecule has 184 valence electrons. The first kappa shape index (κ1) is 24.8. The molecule has 0 spiro atoms. The Kier molecular flexibility index (Phi) is 6.95. The van der Waals surface area contributed by atoms with Crippen molar-refractivity contribution in [2.45, 2.75) is 17.4 Å². The lowest BCUT2D eigenvalue weighted by molar-refractivity contribution is -0.151. The average Bonchev–Trinajstić information content (AvgIpc) is 3.11. The summed E-state index contributed by atoms with van der Waals surface area (Å²) in [5, 5.41) is 7.51. The molecule has 0 fully saturated rings. The smallest absolute Gasteiger partial charge is 0.330 e. The molecule has 1 atom stereocenters. The fraction of sp³-hybridized carbons (Fsp3) is 0.120. The van der Waals surface area contributed by atoms with Gasteiger partial charge < -0.3 is 10.1 Å². The van der Waals surface area contributed by atoms with Crippen LogP contribution in [0.5, 0.6) is 0 Å². The molecular weight excluding hydrogens is 486 g/mol. The maximum atomic E-state index is 13.1. The molecule has 10 nitrogen and oxygen atoms in total. The Hall–Kier alpha value is -4.35. The number of amides is 3. The summed E-state index contributed by atoms with van der Waals surface area (Å²) in [5.74, 6) is -2.86. The number of rotatable bonds is 8. The molecule has 0 unspecified atom stereocenters. The molecule has 0 aromatic heterocycles. The maximum Gasteiger partial charge on any atom is 0.330 e. The van der Waals surface area contributed by atoms with Gasteiger partial charge in [0, 0.05) is 12.1 Å². The summed E-state index contributed by atoms with van der Waals surface area (Å²) in [6.07, 6.45) is 0.00177. The number of fused-ring (bicyclic) bond motifs is 1. The van der Waals surface area contributed by atoms with E-state index in [4.69, 9.17) is 9.88 Å². The molecule has 1 aliphatic rings. The number of primary sulfonamides is 1. The summed E-state index contributed by atoms with van der Waals surface area (Å²) in [6.45, 7) is -0.690. The Morgan fingerprint density at radius 3 is 1.97 bits per heavy atom. The molecule has 0 saturated carbocycles. The van der Waals surface area contributed by atoms with Gasteiger partial charge >= 0.3 is 5.97 Å². The van der Waals surface area contributed by atoms with E-state index in [1.54, 1.807) is 42.5 Å². The van der Waals surface area contributed by atoms with Crippen molar-refractivity contribution in [2.24, 2.45) is 5.14 Å². The summed E-state index contributed by atoms with van der Waals surface area (Å²) in [7, 11) is -3.88. The SMILES string of the molecule is NS(=O)(=O)c1ccc(NC(=O)COC(=O)[C@H](Cc2ccccc2)N2C(=O)c3ccccc3C2=O)cc1. The van der Waals surface area contributed by atoms with Crippen LogP contribution in [0.1, 0.15) is 26.3 Å². The zero-order chi connectivity index (χ0) is 25.9. The van der Waals surface area contributed by atoms with Crippen molar-refractivity contribution >= 4 is 39.4 Å². The van der Waals surface area contributed by atoms with Crippen LogP contribution in [0.15, 0.2) is 83.8 Å². The zero-order valence-electron chi connectivity index (χ0n) is 18.8. The number of hydrogen-bond donors (Lipinski definition) is 2. The number of carbonyl (C=O) groups is 4. The maximum absolute atomic E-state index is 13.1. The largest absolute Gasteiger partial charge is 0.454 e. The third kappa shape index (κ3) is 5.32. The Morgan fingerprint density at radius 2 is 1.42 bits per heavy atom. The van der Waals surface area contributed by atoms with E-state index < -0.39 is 46.4 Å². The van der Waals surface area contributed by atoms with E-state index in [0.29, 0.717) is 5.56 Å². The number of carbonyl (C=O) groups excluding carboxylic acids is 4. The van der Waals surface area contributed by atoms with Crippen molar-refractivity contribution in [3.05, 3.63) is 95.6 Å². The number of nitrogens with one attached hydrogen (secondary N) is 1. The first-order valence-electron chi connectivity index (χ1n) is 10.8. The highest BCUT2D eigenvalue weighted by Gasteiger charge is 2.43. The minimum Gasteiger partial charge on any atom is -0.454 e. The molecule has 36 heavy (non-hydrogen) atoms. The van der Waals surface area contributed by atoms with Crippen molar-refractivity contribution in [1.82, 2.24) is 4.90 Å². The Morgan fingerprint density at radius 1 is 0.861 bits per heavy atom. The van der Waals surface area contributed by atoms with Crippen LogP contribution >= 0.6 is 0 Å². The van der Waals surface area contributed by atoms with Gasteiger partial charge in [0.15, 0.2) is 6.61 Å². The number of esters is 1. The molecule has 3 amide bonds. The van der Waals surface area contributed by atoms with Gasteiger partial charge in [-0.15, -0.1) is 0 Å². The van der Waals surface area contributed by atoms with Gasteiger partial charge in [0.2, 0.25) is 10.0 Å². The molecule has 3 aromatic rings. The van der Waals surface area contributed by atoms with Gasteiger partial charge in [-0.25, -0.2) is 18.4 Å². The number of ether oxygens (including phenoxy) is 1. The Bertz CT molecular complexity index is 1400. The minimum absolute atomic E-state index is 0.00177. The zero-order valence-corrected chi connectivity index (χ0v) is 19.6. The normalized spacial score (nSPS) is 13.8. The van der Waals surface area contributed by atoms with E-state index in [2.05, 4.69) is 5.32 Å². The second-order valence-electron chi connectivity index (χ2n) is 7.96. The third-order valence-electron chi connectivity index (χ3n) is 5.49. The monoisotopic (exact) mass is 507 g/mol. The second kappa shape index (κ2) is 10.1. The van der Waals surface area contributed by atoms with Crippen LogP contribution in [0, 0.1) is 0 Å². The van der Waals surface area contributed by atoms with E-state index >= 15 is 0 Å². The van der Waals surface area contributed by atoms with E-state index in [1.165, 1.54) is 36.4 Å². The lowest BCUT2D eigenvalue weighted by Gasteiger charge is -2.24. The molecule has 0 bridgehead atoms. The van der Waals surface area contributed by atoms with Gasteiger partial charge in [0.05, 0.1) is 16.0 Å². The van der Waals surface area contributed by atoms with E-state index in [0.717, 1.165) is 4.90 Å². The standard InChI is InChI=1S/C25H21N3O7S/c26-36(33,34)18-12-10-17(11-13-18)27-22(29)15-35-25(32)21(14-16-6-2-1-3-7-16)28-23(30)19-8-4-5-9-20(19)24(28)31/h1-13,21H,14-15H2,(H,27,29)(H2,26,33,34)/t21-/m0/s1. The van der Waals surface area contributed by atoms with Crippen molar-refractivity contribution in [3.63, 3.8) is 0 Å². The average molecular weight is 508 g/mol. The molecule has 11 heteroatoms. The summed E-state index contributed by atoms with van der Waals surface area (Å²) in [6, 6.07) is 18.9. The molecule has 0 aliphatic carbocycles. The second-order valence-corrected chi connectivity index (χ2v) is 9.52. The summed E-state index contributed by atoms with van der Waals surface area (Å²) in [4.78, 5) is 52.1. The van der Waals surface area contributed by atoms with Crippen LogP contribution in [0.3, 0.4) is 0 Å². The predicted octanol–water partition coefficient (Wildman–Crippen LogP) is 1.72. The van der Waals surface area contributed by atoms with Gasteiger partial charge in [-0.2, -0.15) is 0 Å². The van der Waals surface area contributed by atoms with Crippen LogP contribution < -0.4 is 10.5 Å². The van der Waals surface area contributed by atoms with E-state index in [9.17, 15) is 27.6 Å². The lowest BCUT2D eigenvalue weighted by atomic mass is 10.0. The quantitative estimate of drug-likeness (QED) is 0.348. The van der Waals surface area contributed by atoms with Crippen LogP contribution in [0.4, 0.5) is 5.69 Å². The summed E-state index contributed by atoms with van der Waals surface area (Å²) >= 11 is 0. The van der Waals surface area contributed by atoms with Crippen molar-refractivity contribution in [3.8, 4) is 0 Å². The number of benzene rings is 3. The molecule has 1 aliphatic heterocycles. The molecule has 0 saturated heterocycles. The van der Waals surface area contributed by atoms with Gasteiger partial charge in [-0.1, -0.05) is 42.5 Å². The number of sulfonamides is 1. The molecule has 0 radical (unpaired) electrons. The van der Waals surface area contributed by atoms with Crippen molar-refractivity contribution in [2.75, 3.05) is 11.9 Å². The number of anilines is 1. The molecule has 1 heterocycles. The first-order chi connectivity index (χ1) is 17.1. The highest BCUT2D eigenvalue weighted by molar-refractivity contribution is 7.89. The van der Waals surface area contributed by atoms with Crippen LogP contribution in [-0.2, 0) is 30.8 Å². The number of hydrogen-bond acceptors (Lipinski definition) is 7. The van der Waals surface area contributed by atoms with Crippen LogP contribution in [-0.4, -0.2) is 49.7 Å². The molecule has 3 aromatic carbocycles. The predicted molar refractivity (Wildman–Crippen MR) is 128 cm³/mol. The van der Waals surface area contributed by atoms with Crippen LogP contribution in [0.2, 0.25) is 0 Å². The Labute approximate surface area is 206 Å². The molecular formula is C25H21N3O7S.